The Morgan fingerprint density at radius 1 is 1.09 bits per heavy atom. The third kappa shape index (κ3) is 7.14. The summed E-state index contributed by atoms with van der Waals surface area (Å²) in [6, 6.07) is -0.927. The van der Waals surface area contributed by atoms with Crippen LogP contribution in [0.4, 0.5) is 13.6 Å². The maximum absolute atomic E-state index is 13.7. The van der Waals surface area contributed by atoms with Gasteiger partial charge in [-0.05, 0) is 41.5 Å². The van der Waals surface area contributed by atoms with E-state index < -0.39 is 48.1 Å². The zero-order valence-electron chi connectivity index (χ0n) is 14.7. The molecule has 0 bridgehead atoms. The van der Waals surface area contributed by atoms with Crippen LogP contribution in [-0.2, 0) is 14.3 Å². The number of carbonyl (C=O) groups excluding carboxylic acids is 2. The molecule has 7 heteroatoms. The number of likely N-dealkylation sites (tertiary alicyclic amines) is 1. The molecule has 0 spiro atoms. The molecule has 23 heavy (non-hydrogen) atoms. The normalized spacial score (nSPS) is 21.7. The molecule has 0 aromatic heterocycles. The predicted octanol–water partition coefficient (Wildman–Crippen LogP) is 3.75. The fraction of sp³-hybridized carbons (Fsp3) is 0.875. The van der Waals surface area contributed by atoms with Crippen LogP contribution < -0.4 is 0 Å². The molecule has 0 aromatic rings. The predicted molar refractivity (Wildman–Crippen MR) is 81.4 cm³/mol. The molecule has 1 saturated heterocycles. The minimum atomic E-state index is -2.90. The Morgan fingerprint density at radius 3 is 2.09 bits per heavy atom. The molecule has 0 unspecified atom stereocenters. The summed E-state index contributed by atoms with van der Waals surface area (Å²) in [5, 5.41) is 0. The van der Waals surface area contributed by atoms with Crippen LogP contribution in [0.25, 0.3) is 0 Å². The van der Waals surface area contributed by atoms with E-state index in [1.165, 1.54) is 4.90 Å². The van der Waals surface area contributed by atoms with Crippen molar-refractivity contribution in [3.8, 4) is 0 Å². The minimum Gasteiger partial charge on any atom is -0.460 e. The lowest BCUT2D eigenvalue weighted by atomic mass is 9.96. The number of halogens is 2. The highest BCUT2D eigenvalue weighted by atomic mass is 19.3. The minimum absolute atomic E-state index is 0.143. The van der Waals surface area contributed by atoms with E-state index in [1.807, 2.05) is 0 Å². The summed E-state index contributed by atoms with van der Waals surface area (Å²) in [6.45, 7) is 10.1. The summed E-state index contributed by atoms with van der Waals surface area (Å²) in [5.41, 5.74) is -1.43. The molecule has 1 rings (SSSR count). The second-order valence-corrected chi connectivity index (χ2v) is 7.93. The molecule has 0 aromatic carbocycles. The molecule has 1 heterocycles. The van der Waals surface area contributed by atoms with Gasteiger partial charge in [0.1, 0.15) is 11.2 Å². The lowest BCUT2D eigenvalue weighted by Gasteiger charge is -2.39. The van der Waals surface area contributed by atoms with Crippen LogP contribution >= 0.6 is 0 Å². The molecule has 1 aliphatic heterocycles. The molecule has 0 aliphatic carbocycles. The topological polar surface area (TPSA) is 55.8 Å². The first-order chi connectivity index (χ1) is 10.2. The Labute approximate surface area is 136 Å². The molecule has 1 fully saturated rings. The van der Waals surface area contributed by atoms with Crippen LogP contribution in [0.15, 0.2) is 0 Å². The summed E-state index contributed by atoms with van der Waals surface area (Å²) >= 11 is 0. The highest BCUT2D eigenvalue weighted by molar-refractivity contribution is 5.73. The average molecular weight is 335 g/mol. The SMILES string of the molecule is CC(C)(C)OC(=O)C[C@H]1CC(F)(F)CCN1C(=O)OC(C)(C)C. The van der Waals surface area contributed by atoms with Crippen molar-refractivity contribution in [3.05, 3.63) is 0 Å². The van der Waals surface area contributed by atoms with Gasteiger partial charge in [-0.25, -0.2) is 13.6 Å². The van der Waals surface area contributed by atoms with Crippen LogP contribution in [-0.4, -0.2) is 46.7 Å². The molecule has 1 aliphatic rings. The van der Waals surface area contributed by atoms with Crippen molar-refractivity contribution >= 4 is 12.1 Å². The first-order valence-electron chi connectivity index (χ1n) is 7.78. The van der Waals surface area contributed by atoms with Crippen LogP contribution in [0.2, 0.25) is 0 Å². The number of nitrogens with zero attached hydrogens (tertiary/aromatic N) is 1. The number of amides is 1. The van der Waals surface area contributed by atoms with Gasteiger partial charge in [0.25, 0.3) is 5.92 Å². The number of hydrogen-bond donors (Lipinski definition) is 0. The number of carbonyl (C=O) groups is 2. The van der Waals surface area contributed by atoms with E-state index >= 15 is 0 Å². The molecular weight excluding hydrogens is 308 g/mol. The van der Waals surface area contributed by atoms with Crippen LogP contribution in [0.5, 0.6) is 0 Å². The van der Waals surface area contributed by atoms with Crippen LogP contribution in [0, 0.1) is 0 Å². The summed E-state index contributed by atoms with van der Waals surface area (Å²) in [5.74, 6) is -3.50. The summed E-state index contributed by atoms with van der Waals surface area (Å²) in [4.78, 5) is 25.4. The highest BCUT2D eigenvalue weighted by Gasteiger charge is 2.44. The van der Waals surface area contributed by atoms with Gasteiger partial charge >= 0.3 is 12.1 Å². The van der Waals surface area contributed by atoms with Gasteiger partial charge in [0.15, 0.2) is 0 Å². The van der Waals surface area contributed by atoms with Gasteiger partial charge in [-0.1, -0.05) is 0 Å². The Balaban J connectivity index is 2.82. The standard InChI is InChI=1S/C16H27F2NO4/c1-14(2,3)22-12(20)9-11-10-16(17,18)7-8-19(11)13(21)23-15(4,5)6/h11H,7-10H2,1-6H3/t11-/m0/s1. The van der Waals surface area contributed by atoms with E-state index in [1.54, 1.807) is 41.5 Å². The van der Waals surface area contributed by atoms with Crippen molar-refractivity contribution in [1.29, 1.82) is 0 Å². The van der Waals surface area contributed by atoms with Crippen LogP contribution in [0.1, 0.15) is 60.8 Å². The van der Waals surface area contributed by atoms with Crippen molar-refractivity contribution in [1.82, 2.24) is 4.90 Å². The second-order valence-electron chi connectivity index (χ2n) is 7.93. The molecule has 5 nitrogen and oxygen atoms in total. The van der Waals surface area contributed by atoms with E-state index in [4.69, 9.17) is 9.47 Å². The third-order valence-corrected chi connectivity index (χ3v) is 3.14. The smallest absolute Gasteiger partial charge is 0.410 e. The lowest BCUT2D eigenvalue weighted by molar-refractivity contribution is -0.158. The Hall–Kier alpha value is -1.40. The maximum Gasteiger partial charge on any atom is 0.410 e. The van der Waals surface area contributed by atoms with Gasteiger partial charge in [-0.2, -0.15) is 0 Å². The van der Waals surface area contributed by atoms with Crippen molar-refractivity contribution in [3.63, 3.8) is 0 Å². The number of hydrogen-bond acceptors (Lipinski definition) is 4. The molecule has 134 valence electrons. The van der Waals surface area contributed by atoms with Crippen LogP contribution in [0.3, 0.4) is 0 Å². The first-order valence-corrected chi connectivity index (χ1v) is 7.78. The second kappa shape index (κ2) is 6.61. The first kappa shape index (κ1) is 19.6. The zero-order valence-corrected chi connectivity index (χ0v) is 14.7. The van der Waals surface area contributed by atoms with Crippen molar-refractivity contribution in [2.75, 3.05) is 6.54 Å². The van der Waals surface area contributed by atoms with Crippen molar-refractivity contribution < 1.29 is 27.8 Å². The summed E-state index contributed by atoms with van der Waals surface area (Å²) in [7, 11) is 0. The molecule has 0 radical (unpaired) electrons. The van der Waals surface area contributed by atoms with E-state index in [0.717, 1.165) is 0 Å². The monoisotopic (exact) mass is 335 g/mol. The average Bonchev–Trinajstić information content (AvgIpc) is 2.21. The number of piperidine rings is 1. The van der Waals surface area contributed by atoms with E-state index in [-0.39, 0.29) is 13.0 Å². The van der Waals surface area contributed by atoms with Gasteiger partial charge in [-0.15, -0.1) is 0 Å². The largest absolute Gasteiger partial charge is 0.460 e. The number of ether oxygens (including phenoxy) is 2. The Bertz CT molecular complexity index is 452. The van der Waals surface area contributed by atoms with Gasteiger partial charge < -0.3 is 14.4 Å². The van der Waals surface area contributed by atoms with Gasteiger partial charge in [0.2, 0.25) is 0 Å². The van der Waals surface area contributed by atoms with Gasteiger partial charge in [0, 0.05) is 19.4 Å². The number of alkyl halides is 2. The fourth-order valence-electron chi connectivity index (χ4n) is 2.34. The molecular formula is C16H27F2NO4. The van der Waals surface area contributed by atoms with E-state index in [9.17, 15) is 18.4 Å². The van der Waals surface area contributed by atoms with Crippen molar-refractivity contribution in [2.45, 2.75) is 84.0 Å². The maximum atomic E-state index is 13.7. The zero-order chi connectivity index (χ0) is 18.1. The molecule has 0 saturated carbocycles. The summed E-state index contributed by atoms with van der Waals surface area (Å²) in [6.07, 6.45) is -1.95. The van der Waals surface area contributed by atoms with Gasteiger partial charge in [0.05, 0.1) is 12.5 Å². The summed E-state index contributed by atoms with van der Waals surface area (Å²) < 4.78 is 37.8. The molecule has 1 atom stereocenters. The van der Waals surface area contributed by atoms with E-state index in [0.29, 0.717) is 0 Å². The van der Waals surface area contributed by atoms with Crippen molar-refractivity contribution in [2.24, 2.45) is 0 Å². The molecule has 0 N–H and O–H groups in total. The Morgan fingerprint density at radius 2 is 1.61 bits per heavy atom. The quantitative estimate of drug-likeness (QED) is 0.721. The fourth-order valence-corrected chi connectivity index (χ4v) is 2.34. The number of esters is 1. The third-order valence-electron chi connectivity index (χ3n) is 3.14. The number of rotatable bonds is 2. The lowest BCUT2D eigenvalue weighted by Crippen LogP contribution is -2.52. The Kier molecular flexibility index (Phi) is 5.65. The molecule has 1 amide bonds. The van der Waals surface area contributed by atoms with E-state index in [2.05, 4.69) is 0 Å². The van der Waals surface area contributed by atoms with Gasteiger partial charge in [-0.3, -0.25) is 4.79 Å². The highest BCUT2D eigenvalue weighted by Crippen LogP contribution is 2.34.